The molecule has 0 amide bonds. The van der Waals surface area contributed by atoms with Gasteiger partial charge in [0.2, 0.25) is 0 Å². The normalized spacial score (nSPS) is 18.3. The van der Waals surface area contributed by atoms with E-state index in [1.807, 2.05) is 6.92 Å². The Morgan fingerprint density at radius 3 is 2.36 bits per heavy atom. The number of likely N-dealkylation sites (N-methyl/N-ethyl adjacent to an activating group) is 1. The van der Waals surface area contributed by atoms with Crippen LogP contribution in [0.1, 0.15) is 40.0 Å². The van der Waals surface area contributed by atoms with Gasteiger partial charge in [0.15, 0.2) is 0 Å². The molecule has 0 saturated heterocycles. The molecule has 3 nitrogen and oxygen atoms in total. The molecular weight excluding hydrogens is 178 g/mol. The molecule has 3 heteroatoms. The summed E-state index contributed by atoms with van der Waals surface area (Å²) in [6.45, 7) is 7.37. The van der Waals surface area contributed by atoms with Crippen molar-refractivity contribution in [2.24, 2.45) is 5.92 Å². The minimum Gasteiger partial charge on any atom is -0.480 e. The third-order valence-corrected chi connectivity index (χ3v) is 3.40. The summed E-state index contributed by atoms with van der Waals surface area (Å²) in [5, 5.41) is 9.10. The first-order valence-corrected chi connectivity index (χ1v) is 5.47. The van der Waals surface area contributed by atoms with Gasteiger partial charge in [-0.3, -0.25) is 9.69 Å². The molecular formula is C11H21NO2. The molecule has 0 aromatic heterocycles. The van der Waals surface area contributed by atoms with E-state index in [0.717, 1.165) is 19.0 Å². The Bertz CT molecular complexity index is 209. The molecule has 0 aromatic carbocycles. The average molecular weight is 199 g/mol. The minimum atomic E-state index is -0.723. The first-order chi connectivity index (χ1) is 6.48. The van der Waals surface area contributed by atoms with Crippen LogP contribution in [0.15, 0.2) is 0 Å². The van der Waals surface area contributed by atoms with E-state index in [2.05, 4.69) is 4.90 Å². The fraction of sp³-hybridized carbons (Fsp3) is 0.909. The van der Waals surface area contributed by atoms with Gasteiger partial charge in [-0.1, -0.05) is 13.3 Å². The molecule has 0 unspecified atom stereocenters. The van der Waals surface area contributed by atoms with Gasteiger partial charge in [-0.25, -0.2) is 0 Å². The molecule has 0 atom stereocenters. The molecule has 1 aliphatic rings. The number of nitrogens with zero attached hydrogens (tertiary/aromatic N) is 1. The van der Waals surface area contributed by atoms with Gasteiger partial charge < -0.3 is 5.11 Å². The molecule has 0 aliphatic heterocycles. The highest BCUT2D eigenvalue weighted by molar-refractivity contribution is 5.77. The van der Waals surface area contributed by atoms with Crippen molar-refractivity contribution in [3.8, 4) is 0 Å². The van der Waals surface area contributed by atoms with E-state index in [4.69, 9.17) is 5.11 Å². The number of rotatable bonds is 5. The van der Waals surface area contributed by atoms with Gasteiger partial charge in [-0.05, 0) is 39.2 Å². The molecule has 0 heterocycles. The summed E-state index contributed by atoms with van der Waals surface area (Å²) >= 11 is 0. The number of carbonyl (C=O) groups is 1. The first-order valence-electron chi connectivity index (χ1n) is 5.47. The van der Waals surface area contributed by atoms with E-state index in [0.29, 0.717) is 0 Å². The summed E-state index contributed by atoms with van der Waals surface area (Å²) in [5.41, 5.74) is -0.718. The Morgan fingerprint density at radius 2 is 2.07 bits per heavy atom. The SMILES string of the molecule is CCN(CC1CCC1)C(C)(C)C(=O)O. The largest absolute Gasteiger partial charge is 0.480 e. The van der Waals surface area contributed by atoms with Gasteiger partial charge in [0.05, 0.1) is 0 Å². The van der Waals surface area contributed by atoms with Crippen LogP contribution in [-0.2, 0) is 4.79 Å². The lowest BCUT2D eigenvalue weighted by Crippen LogP contribution is -2.52. The minimum absolute atomic E-state index is 0.718. The number of carboxylic acids is 1. The van der Waals surface area contributed by atoms with Crippen LogP contribution in [0.3, 0.4) is 0 Å². The molecule has 0 spiro atoms. The zero-order valence-electron chi connectivity index (χ0n) is 9.42. The summed E-state index contributed by atoms with van der Waals surface area (Å²) < 4.78 is 0. The molecule has 14 heavy (non-hydrogen) atoms. The van der Waals surface area contributed by atoms with Gasteiger partial charge in [-0.15, -0.1) is 0 Å². The van der Waals surface area contributed by atoms with Gasteiger partial charge in [0, 0.05) is 6.54 Å². The third-order valence-electron chi connectivity index (χ3n) is 3.40. The predicted octanol–water partition coefficient (Wildman–Crippen LogP) is 1.97. The molecule has 1 aliphatic carbocycles. The summed E-state index contributed by atoms with van der Waals surface area (Å²) in [6.07, 6.45) is 3.86. The van der Waals surface area contributed by atoms with Crippen LogP contribution in [-0.4, -0.2) is 34.6 Å². The highest BCUT2D eigenvalue weighted by Gasteiger charge is 2.35. The van der Waals surface area contributed by atoms with Crippen molar-refractivity contribution in [1.29, 1.82) is 0 Å². The lowest BCUT2D eigenvalue weighted by atomic mass is 9.84. The van der Waals surface area contributed by atoms with E-state index in [-0.39, 0.29) is 0 Å². The molecule has 0 aromatic rings. The number of hydrogen-bond donors (Lipinski definition) is 1. The number of aliphatic carboxylic acids is 1. The van der Waals surface area contributed by atoms with Gasteiger partial charge in [0.1, 0.15) is 5.54 Å². The molecule has 1 rings (SSSR count). The zero-order chi connectivity index (χ0) is 10.8. The lowest BCUT2D eigenvalue weighted by Gasteiger charge is -2.39. The quantitative estimate of drug-likeness (QED) is 0.736. The molecule has 1 fully saturated rings. The van der Waals surface area contributed by atoms with Crippen molar-refractivity contribution in [2.75, 3.05) is 13.1 Å². The smallest absolute Gasteiger partial charge is 0.323 e. The first kappa shape index (κ1) is 11.5. The average Bonchev–Trinajstić information content (AvgIpc) is 2.01. The Kier molecular flexibility index (Phi) is 3.53. The van der Waals surface area contributed by atoms with E-state index in [9.17, 15) is 4.79 Å². The van der Waals surface area contributed by atoms with E-state index in [1.165, 1.54) is 19.3 Å². The van der Waals surface area contributed by atoms with E-state index < -0.39 is 11.5 Å². The molecule has 1 saturated carbocycles. The van der Waals surface area contributed by atoms with Crippen molar-refractivity contribution >= 4 is 5.97 Å². The standard InChI is InChI=1S/C11H21NO2/c1-4-12(8-9-6-5-7-9)11(2,3)10(13)14/h9H,4-8H2,1-3H3,(H,13,14). The fourth-order valence-corrected chi connectivity index (χ4v) is 1.87. The summed E-state index contributed by atoms with van der Waals surface area (Å²) in [6, 6.07) is 0. The molecule has 0 radical (unpaired) electrons. The van der Waals surface area contributed by atoms with Crippen LogP contribution in [0.4, 0.5) is 0 Å². The second-order valence-electron chi connectivity index (χ2n) is 4.70. The summed E-state index contributed by atoms with van der Waals surface area (Å²) in [7, 11) is 0. The van der Waals surface area contributed by atoms with Crippen molar-refractivity contribution < 1.29 is 9.90 Å². The maximum Gasteiger partial charge on any atom is 0.323 e. The Morgan fingerprint density at radius 1 is 1.50 bits per heavy atom. The number of carboxylic acid groups (broad SMARTS) is 1. The Balaban J connectivity index is 2.54. The van der Waals surface area contributed by atoms with Crippen molar-refractivity contribution in [3.05, 3.63) is 0 Å². The lowest BCUT2D eigenvalue weighted by molar-refractivity contribution is -0.150. The maximum atomic E-state index is 11.1. The van der Waals surface area contributed by atoms with Gasteiger partial charge in [-0.2, -0.15) is 0 Å². The van der Waals surface area contributed by atoms with Crippen LogP contribution in [0.2, 0.25) is 0 Å². The topological polar surface area (TPSA) is 40.5 Å². The fourth-order valence-electron chi connectivity index (χ4n) is 1.87. The second kappa shape index (κ2) is 4.30. The monoisotopic (exact) mass is 199 g/mol. The second-order valence-corrected chi connectivity index (χ2v) is 4.70. The zero-order valence-corrected chi connectivity index (χ0v) is 9.42. The van der Waals surface area contributed by atoms with E-state index in [1.54, 1.807) is 13.8 Å². The highest BCUT2D eigenvalue weighted by Crippen LogP contribution is 2.29. The maximum absolute atomic E-state index is 11.1. The predicted molar refractivity (Wildman–Crippen MR) is 56.3 cm³/mol. The van der Waals surface area contributed by atoms with Crippen LogP contribution in [0.25, 0.3) is 0 Å². The Labute approximate surface area is 86.1 Å². The van der Waals surface area contributed by atoms with Crippen LogP contribution >= 0.6 is 0 Å². The number of hydrogen-bond acceptors (Lipinski definition) is 2. The van der Waals surface area contributed by atoms with E-state index >= 15 is 0 Å². The van der Waals surface area contributed by atoms with Crippen molar-refractivity contribution in [1.82, 2.24) is 4.90 Å². The van der Waals surface area contributed by atoms with Crippen molar-refractivity contribution in [2.45, 2.75) is 45.6 Å². The Hall–Kier alpha value is -0.570. The molecule has 82 valence electrons. The molecule has 0 bridgehead atoms. The highest BCUT2D eigenvalue weighted by atomic mass is 16.4. The van der Waals surface area contributed by atoms with Gasteiger partial charge >= 0.3 is 5.97 Å². The van der Waals surface area contributed by atoms with Crippen LogP contribution in [0, 0.1) is 5.92 Å². The summed E-state index contributed by atoms with van der Waals surface area (Å²) in [5.74, 6) is 0.00671. The summed E-state index contributed by atoms with van der Waals surface area (Å²) in [4.78, 5) is 13.1. The van der Waals surface area contributed by atoms with Crippen LogP contribution < -0.4 is 0 Å². The van der Waals surface area contributed by atoms with Gasteiger partial charge in [0.25, 0.3) is 0 Å². The van der Waals surface area contributed by atoms with Crippen LogP contribution in [0.5, 0.6) is 0 Å². The third kappa shape index (κ3) is 2.27. The van der Waals surface area contributed by atoms with Crippen molar-refractivity contribution in [3.63, 3.8) is 0 Å². The molecule has 1 N–H and O–H groups in total.